The van der Waals surface area contributed by atoms with Crippen molar-refractivity contribution in [2.24, 2.45) is 0 Å². The number of aliphatic hydroxyl groups is 2. The molecule has 0 spiro atoms. The second-order valence-corrected chi connectivity index (χ2v) is 10.8. The Morgan fingerprint density at radius 1 is 1.06 bits per heavy atom. The molecule has 3 rings (SSSR count). The van der Waals surface area contributed by atoms with Gasteiger partial charge >= 0.3 is 23.2 Å². The highest BCUT2D eigenvalue weighted by Crippen LogP contribution is 2.66. The molecule has 2 unspecified atom stereocenters. The van der Waals surface area contributed by atoms with Crippen LogP contribution in [0, 0.1) is 0 Å². The Morgan fingerprint density at radius 2 is 1.74 bits per heavy atom. The number of hydrogen-bond donors (Lipinski definition) is 7. The minimum Gasteiger partial charge on any atom is -0.385 e. The number of phosphoric acid groups is 2. The van der Waals surface area contributed by atoms with Gasteiger partial charge in [-0.1, -0.05) is 0 Å². The molecule has 2 aromatic heterocycles. The molecule has 6 atom stereocenters. The van der Waals surface area contributed by atoms with Crippen LogP contribution in [0.5, 0.6) is 0 Å². The van der Waals surface area contributed by atoms with Crippen LogP contribution >= 0.6 is 23.2 Å². The first-order valence-corrected chi connectivity index (χ1v) is 12.7. The predicted molar refractivity (Wildman–Crippen MR) is 95.5 cm³/mol. The molecule has 18 nitrogen and oxygen atoms in total. The van der Waals surface area contributed by atoms with E-state index in [1.54, 1.807) is 0 Å². The minimum atomic E-state index is -5.66. The van der Waals surface area contributed by atoms with Gasteiger partial charge in [-0.05, 0) is 0 Å². The monoisotopic (exact) mass is 507 g/mol. The van der Waals surface area contributed by atoms with Crippen molar-refractivity contribution < 1.29 is 61.6 Å². The Bertz CT molecular complexity index is 1100. The zero-order valence-electron chi connectivity index (χ0n) is 14.9. The summed E-state index contributed by atoms with van der Waals surface area (Å²) in [7, 11) is -16.3. The lowest BCUT2D eigenvalue weighted by atomic mass is 10.2. The number of nitrogens with zero attached hydrogens (tertiary/aromatic N) is 4. The van der Waals surface area contributed by atoms with Crippen LogP contribution in [0.4, 0.5) is 5.82 Å². The van der Waals surface area contributed by atoms with Crippen LogP contribution in [0.3, 0.4) is 0 Å². The van der Waals surface area contributed by atoms with Crippen molar-refractivity contribution in [2.45, 2.75) is 24.7 Å². The highest BCUT2D eigenvalue weighted by atomic mass is 31.3. The maximum absolute atomic E-state index is 11.9. The number of anilines is 1. The van der Waals surface area contributed by atoms with E-state index in [1.165, 1.54) is 10.9 Å². The van der Waals surface area contributed by atoms with Crippen molar-refractivity contribution in [1.29, 1.82) is 0 Å². The minimum absolute atomic E-state index is 0.0360. The third kappa shape index (κ3) is 5.71. The number of imidazole rings is 1. The summed E-state index contributed by atoms with van der Waals surface area (Å²) in [5.41, 5.74) is 5.97. The van der Waals surface area contributed by atoms with Crippen LogP contribution in [0.15, 0.2) is 12.7 Å². The molecule has 0 aromatic carbocycles. The summed E-state index contributed by atoms with van der Waals surface area (Å²) >= 11 is 0. The van der Waals surface area contributed by atoms with Crippen molar-refractivity contribution in [1.82, 2.24) is 19.5 Å². The molecular formula is C10H16N5O13P3. The van der Waals surface area contributed by atoms with Gasteiger partial charge in [0.05, 0.1) is 6.33 Å². The van der Waals surface area contributed by atoms with Crippen molar-refractivity contribution in [3.63, 3.8) is 0 Å². The van der Waals surface area contributed by atoms with Crippen LogP contribution < -0.4 is 5.73 Å². The van der Waals surface area contributed by atoms with E-state index in [1.807, 2.05) is 0 Å². The number of aliphatic hydroxyl groups excluding tert-OH is 2. The average Bonchev–Trinajstić information content (AvgIpc) is 3.13. The number of ether oxygens (including phenoxy) is 2. The Hall–Kier alpha value is -1.36. The van der Waals surface area contributed by atoms with Crippen molar-refractivity contribution in [3.8, 4) is 0 Å². The maximum Gasteiger partial charge on any atom is 0.488 e. The maximum atomic E-state index is 11.9. The van der Waals surface area contributed by atoms with Gasteiger partial charge in [0.15, 0.2) is 30.3 Å². The summed E-state index contributed by atoms with van der Waals surface area (Å²) in [6, 6.07) is 0. The second kappa shape index (κ2) is 8.53. The van der Waals surface area contributed by atoms with Crippen LogP contribution in [-0.2, 0) is 31.8 Å². The van der Waals surface area contributed by atoms with Gasteiger partial charge in [0.2, 0.25) is 0 Å². The molecule has 0 amide bonds. The molecule has 1 aliphatic heterocycles. The van der Waals surface area contributed by atoms with Gasteiger partial charge < -0.3 is 45.0 Å². The van der Waals surface area contributed by atoms with E-state index < -0.39 is 54.3 Å². The van der Waals surface area contributed by atoms with Crippen LogP contribution in [0.1, 0.15) is 6.23 Å². The van der Waals surface area contributed by atoms with Gasteiger partial charge in [-0.3, -0.25) is 9.13 Å². The summed E-state index contributed by atoms with van der Waals surface area (Å²) in [5, 5.41) is 20.3. The zero-order valence-corrected chi connectivity index (χ0v) is 17.6. The van der Waals surface area contributed by atoms with Crippen LogP contribution in [-0.4, -0.2) is 74.2 Å². The Morgan fingerprint density at radius 3 is 2.39 bits per heavy atom. The largest absolute Gasteiger partial charge is 0.488 e. The van der Waals surface area contributed by atoms with E-state index in [2.05, 4.69) is 23.6 Å². The van der Waals surface area contributed by atoms with Gasteiger partial charge in [0, 0.05) is 0 Å². The third-order valence-electron chi connectivity index (χ3n) is 3.70. The second-order valence-electron chi connectivity index (χ2n) is 6.01. The summed E-state index contributed by atoms with van der Waals surface area (Å²) in [6.07, 6.45) is -5.56. The molecule has 0 saturated carbocycles. The molecule has 1 saturated heterocycles. The van der Waals surface area contributed by atoms with E-state index in [4.69, 9.17) is 29.9 Å². The first kappa shape index (κ1) is 24.3. The highest BCUT2D eigenvalue weighted by Gasteiger charge is 2.47. The third-order valence-corrected chi connectivity index (χ3v) is 7.70. The molecule has 0 bridgehead atoms. The molecule has 8 N–H and O–H groups in total. The first-order valence-electron chi connectivity index (χ1n) is 7.88. The van der Waals surface area contributed by atoms with Crippen LogP contribution in [0.25, 0.3) is 11.2 Å². The van der Waals surface area contributed by atoms with Gasteiger partial charge in [0.25, 0.3) is 0 Å². The molecule has 1 fully saturated rings. The zero-order chi connectivity index (χ0) is 23.2. The molecular weight excluding hydrogens is 491 g/mol. The topological polar surface area (TPSA) is 279 Å². The molecule has 174 valence electrons. The highest BCUT2D eigenvalue weighted by molar-refractivity contribution is 7.68. The normalized spacial score (nSPS) is 28.5. The fourth-order valence-electron chi connectivity index (χ4n) is 2.55. The van der Waals surface area contributed by atoms with Gasteiger partial charge in [-0.2, -0.15) is 4.31 Å². The summed E-state index contributed by atoms with van der Waals surface area (Å²) in [6.45, 7) is 0. The average molecular weight is 507 g/mol. The fourth-order valence-corrected chi connectivity index (χ4v) is 5.83. The number of fused-ring (bicyclic) bond motifs is 1. The quantitative estimate of drug-likeness (QED) is 0.197. The summed E-state index contributed by atoms with van der Waals surface area (Å²) in [5.74, 6) is 0.0360. The molecule has 3 heterocycles. The van der Waals surface area contributed by atoms with Crippen molar-refractivity contribution in [2.75, 3.05) is 12.1 Å². The van der Waals surface area contributed by atoms with Gasteiger partial charge in [-0.15, -0.1) is 0 Å². The summed E-state index contributed by atoms with van der Waals surface area (Å²) in [4.78, 5) is 47.4. The molecule has 21 heteroatoms. The Balaban J connectivity index is 1.69. The SMILES string of the molecule is Nc1ncnc2c1ncn2[C@@H]1O[C@H](OCP(=O)(O)OP(=O)(O)OP(=O)(O)O)[C@@H](O)[C@H]1O. The number of nitrogens with two attached hydrogens (primary N) is 1. The van der Waals surface area contributed by atoms with E-state index in [0.29, 0.717) is 0 Å². The van der Waals surface area contributed by atoms with E-state index in [0.717, 1.165) is 6.33 Å². The lowest BCUT2D eigenvalue weighted by molar-refractivity contribution is -0.167. The summed E-state index contributed by atoms with van der Waals surface area (Å²) < 4.78 is 52.4. The van der Waals surface area contributed by atoms with E-state index in [-0.39, 0.29) is 17.0 Å². The van der Waals surface area contributed by atoms with Gasteiger partial charge in [0.1, 0.15) is 24.1 Å². The lowest BCUT2D eigenvalue weighted by Gasteiger charge is -2.19. The van der Waals surface area contributed by atoms with E-state index in [9.17, 15) is 28.8 Å². The molecule has 0 aliphatic carbocycles. The number of hydrogen-bond acceptors (Lipinski definition) is 13. The van der Waals surface area contributed by atoms with Crippen molar-refractivity contribution >= 4 is 40.2 Å². The number of aromatic nitrogens is 4. The molecule has 31 heavy (non-hydrogen) atoms. The Labute approximate surface area is 171 Å². The van der Waals surface area contributed by atoms with Crippen molar-refractivity contribution in [3.05, 3.63) is 12.7 Å². The standard InChI is InChI=1S/C10H16N5O13P3/c11-7-4-8(13-1-12-7)15(2-14-4)9-5(16)6(17)10(26-9)25-3-29(18,19)27-31(23,24)28-30(20,21)22/h1-2,5-6,9-10,16-17H,3H2,(H,18,19)(H,23,24)(H2,11,12,13)(H2,20,21,22)/t5-,6+,9-,10+/m1/s1. The smallest absolute Gasteiger partial charge is 0.385 e. The Kier molecular flexibility index (Phi) is 6.68. The molecule has 2 aromatic rings. The first-order chi connectivity index (χ1) is 14.2. The molecule has 0 radical (unpaired) electrons. The van der Waals surface area contributed by atoms with Gasteiger partial charge in [-0.25, -0.2) is 28.4 Å². The number of nitrogen functional groups attached to an aromatic ring is 1. The fraction of sp³-hybridized carbons (Fsp3) is 0.500. The number of rotatable bonds is 8. The van der Waals surface area contributed by atoms with E-state index >= 15 is 0 Å². The lowest BCUT2D eigenvalue weighted by Crippen LogP contribution is -2.33. The van der Waals surface area contributed by atoms with Crippen LogP contribution in [0.2, 0.25) is 0 Å². The predicted octanol–water partition coefficient (Wildman–Crippen LogP) is -1.63. The molecule has 1 aliphatic rings.